The van der Waals surface area contributed by atoms with Crippen LogP contribution in [0.2, 0.25) is 5.02 Å². The summed E-state index contributed by atoms with van der Waals surface area (Å²) in [7, 11) is 1.55. The third-order valence-electron chi connectivity index (χ3n) is 3.71. The minimum absolute atomic E-state index is 0.124. The van der Waals surface area contributed by atoms with Crippen LogP contribution in [0, 0.1) is 0 Å². The molecule has 2 N–H and O–H groups in total. The summed E-state index contributed by atoms with van der Waals surface area (Å²) in [5.41, 5.74) is 1.39. The first-order valence-corrected chi connectivity index (χ1v) is 7.31. The molecule has 1 atom stereocenters. The molecule has 1 amide bonds. The third kappa shape index (κ3) is 2.84. The number of amides is 1. The molecule has 6 heteroatoms. The Bertz CT molecular complexity index is 662. The van der Waals surface area contributed by atoms with E-state index >= 15 is 0 Å². The van der Waals surface area contributed by atoms with Crippen LogP contribution in [0.15, 0.2) is 18.3 Å². The summed E-state index contributed by atoms with van der Waals surface area (Å²) in [6.45, 7) is 1.32. The van der Waals surface area contributed by atoms with Crippen molar-refractivity contribution in [2.24, 2.45) is 0 Å². The zero-order valence-electron chi connectivity index (χ0n) is 11.7. The number of carbonyl (C=O) groups excluding carboxylic acids is 1. The van der Waals surface area contributed by atoms with Gasteiger partial charge in [-0.25, -0.2) is 0 Å². The summed E-state index contributed by atoms with van der Waals surface area (Å²) in [6, 6.07) is 3.53. The molecule has 21 heavy (non-hydrogen) atoms. The van der Waals surface area contributed by atoms with Crippen molar-refractivity contribution in [3.05, 3.63) is 28.9 Å². The number of halogens is 1. The topological polar surface area (TPSA) is 63.4 Å². The number of benzene rings is 1. The van der Waals surface area contributed by atoms with Crippen LogP contribution in [0.25, 0.3) is 10.9 Å². The zero-order chi connectivity index (χ0) is 14.8. The number of hydrogen-bond donors (Lipinski definition) is 2. The Morgan fingerprint density at radius 3 is 3.14 bits per heavy atom. The number of aromatic amines is 1. The van der Waals surface area contributed by atoms with E-state index in [-0.39, 0.29) is 12.0 Å². The van der Waals surface area contributed by atoms with Crippen LogP contribution in [0.3, 0.4) is 0 Å². The number of carbonyl (C=O) groups is 1. The van der Waals surface area contributed by atoms with Crippen molar-refractivity contribution in [3.63, 3.8) is 0 Å². The summed E-state index contributed by atoms with van der Waals surface area (Å²) in [6.07, 6.45) is 3.87. The molecule has 0 radical (unpaired) electrons. The standard InChI is InChI=1S/C15H17ClN2O3/c1-20-14-5-10-11(8-17-13(10)6-12(14)16)15(19)18-7-9-3-2-4-21-9/h5-6,8-9,17H,2-4,7H2,1H3,(H,18,19). The first-order chi connectivity index (χ1) is 10.2. The minimum Gasteiger partial charge on any atom is -0.495 e. The van der Waals surface area contributed by atoms with Gasteiger partial charge in [-0.2, -0.15) is 0 Å². The number of rotatable bonds is 4. The minimum atomic E-state index is -0.124. The van der Waals surface area contributed by atoms with Crippen molar-refractivity contribution in [2.75, 3.05) is 20.3 Å². The molecular formula is C15H17ClN2O3. The highest BCUT2D eigenvalue weighted by atomic mass is 35.5. The molecule has 1 aliphatic rings. The molecule has 0 saturated carbocycles. The van der Waals surface area contributed by atoms with Gasteiger partial charge in [0.1, 0.15) is 5.75 Å². The lowest BCUT2D eigenvalue weighted by atomic mass is 10.1. The van der Waals surface area contributed by atoms with Crippen molar-refractivity contribution < 1.29 is 14.3 Å². The second-order valence-corrected chi connectivity index (χ2v) is 5.49. The number of H-pyrrole nitrogens is 1. The zero-order valence-corrected chi connectivity index (χ0v) is 12.5. The smallest absolute Gasteiger partial charge is 0.253 e. The van der Waals surface area contributed by atoms with Gasteiger partial charge in [0.2, 0.25) is 0 Å². The molecule has 112 valence electrons. The molecule has 2 heterocycles. The predicted octanol–water partition coefficient (Wildman–Crippen LogP) is 2.74. The normalized spacial score (nSPS) is 18.1. The Balaban J connectivity index is 1.80. The van der Waals surface area contributed by atoms with Gasteiger partial charge < -0.3 is 19.8 Å². The molecule has 0 bridgehead atoms. The van der Waals surface area contributed by atoms with Crippen molar-refractivity contribution in [1.29, 1.82) is 0 Å². The maximum absolute atomic E-state index is 12.3. The Morgan fingerprint density at radius 1 is 1.57 bits per heavy atom. The molecule has 1 aromatic heterocycles. The number of ether oxygens (including phenoxy) is 2. The predicted molar refractivity (Wildman–Crippen MR) is 81.2 cm³/mol. The van der Waals surface area contributed by atoms with Gasteiger partial charge in [-0.1, -0.05) is 11.6 Å². The number of aromatic nitrogens is 1. The van der Waals surface area contributed by atoms with Crippen LogP contribution in [0.1, 0.15) is 23.2 Å². The average molecular weight is 309 g/mol. The fourth-order valence-electron chi connectivity index (χ4n) is 2.57. The van der Waals surface area contributed by atoms with Crippen LogP contribution in [0.5, 0.6) is 5.75 Å². The summed E-state index contributed by atoms with van der Waals surface area (Å²) in [4.78, 5) is 15.4. The maximum Gasteiger partial charge on any atom is 0.253 e. The van der Waals surface area contributed by atoms with E-state index in [0.717, 1.165) is 30.4 Å². The highest BCUT2D eigenvalue weighted by Gasteiger charge is 2.18. The summed E-state index contributed by atoms with van der Waals surface area (Å²) >= 11 is 6.08. The van der Waals surface area contributed by atoms with Crippen LogP contribution in [-0.2, 0) is 4.74 Å². The van der Waals surface area contributed by atoms with E-state index in [9.17, 15) is 4.79 Å². The number of fused-ring (bicyclic) bond motifs is 1. The quantitative estimate of drug-likeness (QED) is 0.913. The Labute approximate surface area is 127 Å². The van der Waals surface area contributed by atoms with Gasteiger partial charge in [-0.3, -0.25) is 4.79 Å². The molecule has 1 unspecified atom stereocenters. The van der Waals surface area contributed by atoms with E-state index in [0.29, 0.717) is 22.9 Å². The molecular weight excluding hydrogens is 292 g/mol. The summed E-state index contributed by atoms with van der Waals surface area (Å²) in [5.74, 6) is 0.429. The van der Waals surface area contributed by atoms with E-state index in [2.05, 4.69) is 10.3 Å². The SMILES string of the molecule is COc1cc2c(C(=O)NCC3CCCO3)c[nH]c2cc1Cl. The molecule has 1 aromatic carbocycles. The Hall–Kier alpha value is -1.72. The third-order valence-corrected chi connectivity index (χ3v) is 4.01. The highest BCUT2D eigenvalue weighted by molar-refractivity contribution is 6.33. The van der Waals surface area contributed by atoms with Crippen molar-refractivity contribution >= 4 is 28.4 Å². The summed E-state index contributed by atoms with van der Waals surface area (Å²) in [5, 5.41) is 4.22. The lowest BCUT2D eigenvalue weighted by molar-refractivity contribution is 0.0859. The van der Waals surface area contributed by atoms with E-state index < -0.39 is 0 Å². The van der Waals surface area contributed by atoms with E-state index in [4.69, 9.17) is 21.1 Å². The van der Waals surface area contributed by atoms with Crippen molar-refractivity contribution in [2.45, 2.75) is 18.9 Å². The van der Waals surface area contributed by atoms with Gasteiger partial charge in [0, 0.05) is 30.3 Å². The van der Waals surface area contributed by atoms with Crippen LogP contribution in [0.4, 0.5) is 0 Å². The molecule has 0 spiro atoms. The van der Waals surface area contributed by atoms with Gasteiger partial charge in [-0.05, 0) is 25.0 Å². The van der Waals surface area contributed by atoms with E-state index in [1.807, 2.05) is 0 Å². The monoisotopic (exact) mass is 308 g/mol. The average Bonchev–Trinajstić information content (AvgIpc) is 3.13. The van der Waals surface area contributed by atoms with Gasteiger partial charge in [0.15, 0.2) is 0 Å². The maximum atomic E-state index is 12.3. The van der Waals surface area contributed by atoms with E-state index in [1.165, 1.54) is 0 Å². The van der Waals surface area contributed by atoms with Gasteiger partial charge >= 0.3 is 0 Å². The first kappa shape index (κ1) is 14.2. The van der Waals surface area contributed by atoms with Crippen LogP contribution < -0.4 is 10.1 Å². The van der Waals surface area contributed by atoms with Crippen LogP contribution >= 0.6 is 11.6 Å². The van der Waals surface area contributed by atoms with Gasteiger partial charge in [-0.15, -0.1) is 0 Å². The molecule has 0 aliphatic carbocycles. The second kappa shape index (κ2) is 5.95. The highest BCUT2D eigenvalue weighted by Crippen LogP contribution is 2.31. The van der Waals surface area contributed by atoms with Gasteiger partial charge in [0.05, 0.1) is 23.8 Å². The molecule has 3 rings (SSSR count). The summed E-state index contributed by atoms with van der Waals surface area (Å²) < 4.78 is 10.7. The molecule has 5 nitrogen and oxygen atoms in total. The Morgan fingerprint density at radius 2 is 2.43 bits per heavy atom. The van der Waals surface area contributed by atoms with Crippen LogP contribution in [-0.4, -0.2) is 37.3 Å². The molecule has 1 saturated heterocycles. The second-order valence-electron chi connectivity index (χ2n) is 5.08. The molecule has 2 aromatic rings. The molecule has 1 fully saturated rings. The Kier molecular flexibility index (Phi) is 4.03. The fraction of sp³-hybridized carbons (Fsp3) is 0.400. The van der Waals surface area contributed by atoms with Gasteiger partial charge in [0.25, 0.3) is 5.91 Å². The molecule has 1 aliphatic heterocycles. The fourth-order valence-corrected chi connectivity index (χ4v) is 2.82. The lowest BCUT2D eigenvalue weighted by Gasteiger charge is -2.10. The van der Waals surface area contributed by atoms with E-state index in [1.54, 1.807) is 25.4 Å². The first-order valence-electron chi connectivity index (χ1n) is 6.93. The van der Waals surface area contributed by atoms with Crippen molar-refractivity contribution in [1.82, 2.24) is 10.3 Å². The van der Waals surface area contributed by atoms with Crippen molar-refractivity contribution in [3.8, 4) is 5.75 Å². The number of hydrogen-bond acceptors (Lipinski definition) is 3. The lowest BCUT2D eigenvalue weighted by Crippen LogP contribution is -2.31. The number of methoxy groups -OCH3 is 1. The number of nitrogens with one attached hydrogen (secondary N) is 2. The largest absolute Gasteiger partial charge is 0.495 e.